The molecule has 2 aliphatic heterocycles. The van der Waals surface area contributed by atoms with Crippen LogP contribution in [0.2, 0.25) is 0 Å². The number of ether oxygens (including phenoxy) is 1. The maximum absolute atomic E-state index is 12.9. The first-order valence-corrected chi connectivity index (χ1v) is 7.72. The van der Waals surface area contributed by atoms with Gasteiger partial charge < -0.3 is 15.0 Å². The van der Waals surface area contributed by atoms with Gasteiger partial charge in [0.2, 0.25) is 0 Å². The first kappa shape index (κ1) is 13.2. The number of fused-ring (bicyclic) bond motifs is 2. The highest BCUT2D eigenvalue weighted by atomic mass is 16.5. The molecule has 22 heavy (non-hydrogen) atoms. The van der Waals surface area contributed by atoms with Crippen molar-refractivity contribution < 1.29 is 9.53 Å². The lowest BCUT2D eigenvalue weighted by molar-refractivity contribution is -0.125. The fraction of sp³-hybridized carbons (Fsp3) is 0.278. The molecule has 0 saturated carbocycles. The number of carbonyl (C=O) groups is 1. The zero-order valence-corrected chi connectivity index (χ0v) is 12.3. The molecule has 2 aromatic rings. The lowest BCUT2D eigenvalue weighted by Crippen LogP contribution is -2.48. The molecule has 0 aromatic heterocycles. The SMILES string of the molecule is O=C(C1CNc2ccccc2O1)N1CCCc2ccccc21. The van der Waals surface area contributed by atoms with Gasteiger partial charge in [-0.15, -0.1) is 0 Å². The standard InChI is InChI=1S/C18H18N2O2/c21-18(17-12-19-14-8-2-4-10-16(14)22-17)20-11-5-7-13-6-1-3-9-15(13)20/h1-4,6,8-10,17,19H,5,7,11-12H2. The quantitative estimate of drug-likeness (QED) is 0.879. The Morgan fingerprint density at radius 3 is 2.91 bits per heavy atom. The van der Waals surface area contributed by atoms with Crippen LogP contribution in [0.5, 0.6) is 5.75 Å². The van der Waals surface area contributed by atoms with Gasteiger partial charge in [0.25, 0.3) is 5.91 Å². The third-order valence-corrected chi connectivity index (χ3v) is 4.29. The van der Waals surface area contributed by atoms with Gasteiger partial charge in [0.05, 0.1) is 12.2 Å². The van der Waals surface area contributed by atoms with Gasteiger partial charge in [-0.2, -0.15) is 0 Å². The summed E-state index contributed by atoms with van der Waals surface area (Å²) in [5, 5.41) is 3.28. The van der Waals surface area contributed by atoms with E-state index in [4.69, 9.17) is 4.74 Å². The molecule has 0 fully saturated rings. The van der Waals surface area contributed by atoms with E-state index in [0.717, 1.165) is 36.5 Å². The van der Waals surface area contributed by atoms with Crippen molar-refractivity contribution in [2.45, 2.75) is 18.9 Å². The van der Waals surface area contributed by atoms with Crippen LogP contribution in [0.4, 0.5) is 11.4 Å². The van der Waals surface area contributed by atoms with Crippen LogP contribution in [0.1, 0.15) is 12.0 Å². The van der Waals surface area contributed by atoms with E-state index < -0.39 is 6.10 Å². The van der Waals surface area contributed by atoms with Crippen molar-refractivity contribution in [2.75, 3.05) is 23.3 Å². The number of nitrogens with zero attached hydrogens (tertiary/aromatic N) is 1. The minimum atomic E-state index is -0.471. The maximum atomic E-state index is 12.9. The number of rotatable bonds is 1. The number of para-hydroxylation sites is 3. The largest absolute Gasteiger partial charge is 0.477 e. The van der Waals surface area contributed by atoms with Crippen LogP contribution >= 0.6 is 0 Å². The van der Waals surface area contributed by atoms with Crippen LogP contribution in [0.15, 0.2) is 48.5 Å². The molecule has 4 nitrogen and oxygen atoms in total. The Hall–Kier alpha value is -2.49. The lowest BCUT2D eigenvalue weighted by atomic mass is 10.0. The van der Waals surface area contributed by atoms with Gasteiger partial charge in [-0.05, 0) is 36.6 Å². The zero-order valence-electron chi connectivity index (χ0n) is 12.3. The minimum Gasteiger partial charge on any atom is -0.477 e. The number of carbonyl (C=O) groups excluding carboxylic acids is 1. The third kappa shape index (κ3) is 2.21. The number of anilines is 2. The molecule has 0 bridgehead atoms. The fourth-order valence-electron chi connectivity index (χ4n) is 3.19. The predicted molar refractivity (Wildman–Crippen MR) is 86.5 cm³/mol. The van der Waals surface area contributed by atoms with Gasteiger partial charge in [-0.3, -0.25) is 4.79 Å². The summed E-state index contributed by atoms with van der Waals surface area (Å²) in [6, 6.07) is 15.9. The van der Waals surface area contributed by atoms with Gasteiger partial charge in [0.1, 0.15) is 5.75 Å². The van der Waals surface area contributed by atoms with Crippen LogP contribution in [-0.4, -0.2) is 25.1 Å². The summed E-state index contributed by atoms with van der Waals surface area (Å²) < 4.78 is 5.91. The average molecular weight is 294 g/mol. The van der Waals surface area contributed by atoms with E-state index >= 15 is 0 Å². The van der Waals surface area contributed by atoms with Crippen molar-refractivity contribution in [3.8, 4) is 5.75 Å². The van der Waals surface area contributed by atoms with Crippen LogP contribution in [0.3, 0.4) is 0 Å². The van der Waals surface area contributed by atoms with Gasteiger partial charge in [0.15, 0.2) is 6.10 Å². The van der Waals surface area contributed by atoms with Crippen LogP contribution < -0.4 is 15.0 Å². The predicted octanol–water partition coefficient (Wildman–Crippen LogP) is 2.84. The summed E-state index contributed by atoms with van der Waals surface area (Å²) in [5.41, 5.74) is 3.22. The highest BCUT2D eigenvalue weighted by molar-refractivity contribution is 5.98. The first-order valence-electron chi connectivity index (χ1n) is 7.72. The van der Waals surface area contributed by atoms with Crippen molar-refractivity contribution in [1.29, 1.82) is 0 Å². The van der Waals surface area contributed by atoms with E-state index in [9.17, 15) is 4.79 Å². The smallest absolute Gasteiger partial charge is 0.269 e. The Labute approximate surface area is 129 Å². The normalized spacial score (nSPS) is 19.5. The molecular formula is C18H18N2O2. The fourth-order valence-corrected chi connectivity index (χ4v) is 3.19. The molecular weight excluding hydrogens is 276 g/mol. The number of hydrogen-bond acceptors (Lipinski definition) is 3. The third-order valence-electron chi connectivity index (χ3n) is 4.29. The molecule has 0 spiro atoms. The van der Waals surface area contributed by atoms with Crippen LogP contribution in [0.25, 0.3) is 0 Å². The summed E-state index contributed by atoms with van der Waals surface area (Å²) in [4.78, 5) is 14.8. The Kier molecular flexibility index (Phi) is 3.22. The molecule has 112 valence electrons. The Balaban J connectivity index is 1.59. The molecule has 1 N–H and O–H groups in total. The van der Waals surface area contributed by atoms with Crippen molar-refractivity contribution in [3.05, 3.63) is 54.1 Å². The van der Waals surface area contributed by atoms with Crippen molar-refractivity contribution >= 4 is 17.3 Å². The maximum Gasteiger partial charge on any atom is 0.269 e. The Morgan fingerprint density at radius 2 is 1.95 bits per heavy atom. The van der Waals surface area contributed by atoms with Gasteiger partial charge in [0, 0.05) is 12.2 Å². The Morgan fingerprint density at radius 1 is 1.14 bits per heavy atom. The lowest BCUT2D eigenvalue weighted by Gasteiger charge is -2.34. The monoisotopic (exact) mass is 294 g/mol. The zero-order chi connectivity index (χ0) is 14.9. The Bertz CT molecular complexity index is 714. The highest BCUT2D eigenvalue weighted by Gasteiger charge is 2.32. The number of benzene rings is 2. The van der Waals surface area contributed by atoms with Crippen molar-refractivity contribution in [3.63, 3.8) is 0 Å². The van der Waals surface area contributed by atoms with E-state index in [-0.39, 0.29) is 5.91 Å². The van der Waals surface area contributed by atoms with Crippen LogP contribution in [-0.2, 0) is 11.2 Å². The summed E-state index contributed by atoms with van der Waals surface area (Å²) >= 11 is 0. The summed E-state index contributed by atoms with van der Waals surface area (Å²) in [7, 11) is 0. The molecule has 2 aromatic carbocycles. The summed E-state index contributed by atoms with van der Waals surface area (Å²) in [5.74, 6) is 0.784. The first-order chi connectivity index (χ1) is 10.8. The molecule has 2 heterocycles. The number of amides is 1. The van der Waals surface area contributed by atoms with E-state index in [1.807, 2.05) is 47.4 Å². The molecule has 1 amide bonds. The molecule has 4 heteroatoms. The van der Waals surface area contributed by atoms with E-state index in [2.05, 4.69) is 11.4 Å². The summed E-state index contributed by atoms with van der Waals surface area (Å²) in [6.07, 6.45) is 1.56. The number of hydrogen-bond donors (Lipinski definition) is 1. The highest BCUT2D eigenvalue weighted by Crippen LogP contribution is 2.31. The van der Waals surface area contributed by atoms with E-state index in [0.29, 0.717) is 6.54 Å². The average Bonchev–Trinajstić information content (AvgIpc) is 2.60. The van der Waals surface area contributed by atoms with E-state index in [1.54, 1.807) is 0 Å². The van der Waals surface area contributed by atoms with Crippen molar-refractivity contribution in [1.82, 2.24) is 0 Å². The molecule has 0 radical (unpaired) electrons. The summed E-state index contributed by atoms with van der Waals surface area (Å²) in [6.45, 7) is 1.27. The van der Waals surface area contributed by atoms with Gasteiger partial charge >= 0.3 is 0 Å². The van der Waals surface area contributed by atoms with Gasteiger partial charge in [-0.25, -0.2) is 0 Å². The second-order valence-electron chi connectivity index (χ2n) is 5.71. The molecule has 1 unspecified atom stereocenters. The number of nitrogens with one attached hydrogen (secondary N) is 1. The molecule has 1 atom stereocenters. The minimum absolute atomic E-state index is 0.0363. The number of aryl methyl sites for hydroxylation is 1. The molecule has 0 aliphatic carbocycles. The van der Waals surface area contributed by atoms with Crippen molar-refractivity contribution in [2.24, 2.45) is 0 Å². The topological polar surface area (TPSA) is 41.6 Å². The second kappa shape index (κ2) is 5.37. The molecule has 0 saturated heterocycles. The van der Waals surface area contributed by atoms with Crippen LogP contribution in [0, 0.1) is 0 Å². The second-order valence-corrected chi connectivity index (χ2v) is 5.71. The molecule has 4 rings (SSSR count). The molecule has 2 aliphatic rings. The van der Waals surface area contributed by atoms with Gasteiger partial charge in [-0.1, -0.05) is 30.3 Å². The van der Waals surface area contributed by atoms with E-state index in [1.165, 1.54) is 5.56 Å².